The summed E-state index contributed by atoms with van der Waals surface area (Å²) in [6.45, 7) is 0. The SMILES string of the molecule is Nc1nc(N)c2cc(C=Cc3ccccn3)cnc2n1. The molecule has 0 aliphatic rings. The quantitative estimate of drug-likeness (QED) is 0.730. The van der Waals surface area contributed by atoms with Gasteiger partial charge >= 0.3 is 0 Å². The Morgan fingerprint density at radius 2 is 1.90 bits per heavy atom. The van der Waals surface area contributed by atoms with Crippen molar-refractivity contribution >= 4 is 35.0 Å². The van der Waals surface area contributed by atoms with E-state index in [0.717, 1.165) is 11.3 Å². The zero-order chi connectivity index (χ0) is 13.9. The van der Waals surface area contributed by atoms with Gasteiger partial charge in [-0.2, -0.15) is 9.97 Å². The number of aromatic nitrogens is 4. The highest BCUT2D eigenvalue weighted by atomic mass is 15.1. The van der Waals surface area contributed by atoms with E-state index in [0.29, 0.717) is 16.9 Å². The molecule has 0 aromatic carbocycles. The van der Waals surface area contributed by atoms with Gasteiger partial charge in [-0.1, -0.05) is 12.1 Å². The highest BCUT2D eigenvalue weighted by molar-refractivity contribution is 5.88. The number of hydrogen-bond donors (Lipinski definition) is 2. The second kappa shape index (κ2) is 4.93. The molecule has 0 aliphatic carbocycles. The average Bonchev–Trinajstić information content (AvgIpc) is 2.46. The summed E-state index contributed by atoms with van der Waals surface area (Å²) in [5.74, 6) is 0.451. The second-order valence-electron chi connectivity index (χ2n) is 4.19. The van der Waals surface area contributed by atoms with Crippen molar-refractivity contribution in [3.05, 3.63) is 47.9 Å². The molecular formula is C14H12N6. The minimum absolute atomic E-state index is 0.124. The Kier molecular flexibility index (Phi) is 2.96. The molecule has 0 unspecified atom stereocenters. The maximum atomic E-state index is 5.83. The van der Waals surface area contributed by atoms with E-state index >= 15 is 0 Å². The Labute approximate surface area is 115 Å². The highest BCUT2D eigenvalue weighted by Crippen LogP contribution is 2.19. The summed E-state index contributed by atoms with van der Waals surface area (Å²) in [5.41, 5.74) is 13.6. The number of fused-ring (bicyclic) bond motifs is 1. The number of nitrogen functional groups attached to an aromatic ring is 2. The van der Waals surface area contributed by atoms with Crippen molar-refractivity contribution in [2.75, 3.05) is 11.5 Å². The topological polar surface area (TPSA) is 104 Å². The van der Waals surface area contributed by atoms with Crippen LogP contribution in [-0.4, -0.2) is 19.9 Å². The van der Waals surface area contributed by atoms with Gasteiger partial charge in [0.2, 0.25) is 5.95 Å². The van der Waals surface area contributed by atoms with Crippen LogP contribution in [-0.2, 0) is 0 Å². The number of rotatable bonds is 2. The molecule has 6 nitrogen and oxygen atoms in total. The van der Waals surface area contributed by atoms with Crippen LogP contribution in [0.4, 0.5) is 11.8 Å². The van der Waals surface area contributed by atoms with Crippen molar-refractivity contribution in [1.29, 1.82) is 0 Å². The lowest BCUT2D eigenvalue weighted by atomic mass is 10.2. The van der Waals surface area contributed by atoms with Crippen molar-refractivity contribution in [2.24, 2.45) is 0 Å². The standard InChI is InChI=1S/C14H12N6/c15-12-11-7-9(4-5-10-3-1-2-6-17-10)8-18-13(11)20-14(16)19-12/h1-8H,(H4,15,16,18,19,20). The van der Waals surface area contributed by atoms with Gasteiger partial charge < -0.3 is 11.5 Å². The summed E-state index contributed by atoms with van der Waals surface area (Å²) >= 11 is 0. The van der Waals surface area contributed by atoms with E-state index in [1.165, 1.54) is 0 Å². The van der Waals surface area contributed by atoms with Crippen LogP contribution in [0.2, 0.25) is 0 Å². The van der Waals surface area contributed by atoms with Crippen LogP contribution in [0, 0.1) is 0 Å². The predicted molar refractivity (Wildman–Crippen MR) is 79.3 cm³/mol. The average molecular weight is 264 g/mol. The number of nitrogens with two attached hydrogens (primary N) is 2. The fourth-order valence-corrected chi connectivity index (χ4v) is 1.82. The van der Waals surface area contributed by atoms with E-state index in [9.17, 15) is 0 Å². The van der Waals surface area contributed by atoms with Crippen molar-refractivity contribution in [3.8, 4) is 0 Å². The van der Waals surface area contributed by atoms with E-state index in [-0.39, 0.29) is 5.95 Å². The lowest BCUT2D eigenvalue weighted by Gasteiger charge is -2.02. The summed E-state index contributed by atoms with van der Waals surface area (Å²) in [6.07, 6.45) is 7.25. The smallest absolute Gasteiger partial charge is 0.224 e. The summed E-state index contributed by atoms with van der Waals surface area (Å²) in [4.78, 5) is 16.4. The summed E-state index contributed by atoms with van der Waals surface area (Å²) in [5, 5.41) is 0.683. The van der Waals surface area contributed by atoms with Gasteiger partial charge in [-0.05, 0) is 29.8 Å². The van der Waals surface area contributed by atoms with Crippen molar-refractivity contribution in [3.63, 3.8) is 0 Å². The molecule has 0 saturated carbocycles. The van der Waals surface area contributed by atoms with Crippen LogP contribution in [0.3, 0.4) is 0 Å². The van der Waals surface area contributed by atoms with E-state index in [1.54, 1.807) is 12.4 Å². The maximum Gasteiger partial charge on any atom is 0.224 e. The summed E-state index contributed by atoms with van der Waals surface area (Å²) in [6, 6.07) is 7.59. The Morgan fingerprint density at radius 1 is 1.00 bits per heavy atom. The van der Waals surface area contributed by atoms with Gasteiger partial charge in [0.25, 0.3) is 0 Å². The zero-order valence-electron chi connectivity index (χ0n) is 10.6. The third-order valence-electron chi connectivity index (χ3n) is 2.75. The first-order chi connectivity index (χ1) is 9.72. The van der Waals surface area contributed by atoms with Crippen LogP contribution in [0.5, 0.6) is 0 Å². The molecule has 98 valence electrons. The van der Waals surface area contributed by atoms with Gasteiger partial charge in [-0.25, -0.2) is 4.98 Å². The molecule has 6 heteroatoms. The van der Waals surface area contributed by atoms with Gasteiger partial charge in [0, 0.05) is 12.4 Å². The molecule has 0 atom stereocenters. The highest BCUT2D eigenvalue weighted by Gasteiger charge is 2.04. The third-order valence-corrected chi connectivity index (χ3v) is 2.75. The van der Waals surface area contributed by atoms with Gasteiger partial charge in [0.1, 0.15) is 5.82 Å². The van der Waals surface area contributed by atoms with Crippen molar-refractivity contribution in [2.45, 2.75) is 0 Å². The Balaban J connectivity index is 1.99. The molecule has 0 spiro atoms. The summed E-state index contributed by atoms with van der Waals surface area (Å²) in [7, 11) is 0. The van der Waals surface area contributed by atoms with Crippen LogP contribution < -0.4 is 11.5 Å². The first kappa shape index (κ1) is 12.0. The Bertz CT molecular complexity index is 782. The number of anilines is 2. The first-order valence-corrected chi connectivity index (χ1v) is 6.00. The molecule has 3 aromatic heterocycles. The van der Waals surface area contributed by atoms with E-state index in [2.05, 4.69) is 19.9 Å². The molecule has 3 aromatic rings. The van der Waals surface area contributed by atoms with Crippen molar-refractivity contribution < 1.29 is 0 Å². The molecule has 4 N–H and O–H groups in total. The van der Waals surface area contributed by atoms with E-state index in [1.807, 2.05) is 36.4 Å². The normalized spacial score (nSPS) is 11.2. The number of nitrogens with zero attached hydrogens (tertiary/aromatic N) is 4. The van der Waals surface area contributed by atoms with Gasteiger partial charge in [-0.15, -0.1) is 0 Å². The van der Waals surface area contributed by atoms with E-state index < -0.39 is 0 Å². The molecule has 0 bridgehead atoms. The Morgan fingerprint density at radius 3 is 2.70 bits per heavy atom. The largest absolute Gasteiger partial charge is 0.383 e. The molecule has 20 heavy (non-hydrogen) atoms. The molecular weight excluding hydrogens is 252 g/mol. The fraction of sp³-hybridized carbons (Fsp3) is 0. The van der Waals surface area contributed by atoms with Crippen LogP contribution in [0.25, 0.3) is 23.2 Å². The minimum Gasteiger partial charge on any atom is -0.383 e. The first-order valence-electron chi connectivity index (χ1n) is 6.00. The van der Waals surface area contributed by atoms with Crippen LogP contribution >= 0.6 is 0 Å². The Hall–Kier alpha value is -3.02. The molecule has 0 amide bonds. The lowest BCUT2D eigenvalue weighted by molar-refractivity contribution is 1.20. The fourth-order valence-electron chi connectivity index (χ4n) is 1.82. The summed E-state index contributed by atoms with van der Waals surface area (Å²) < 4.78 is 0. The van der Waals surface area contributed by atoms with Crippen LogP contribution in [0.15, 0.2) is 36.7 Å². The van der Waals surface area contributed by atoms with Crippen molar-refractivity contribution in [1.82, 2.24) is 19.9 Å². The number of hydrogen-bond acceptors (Lipinski definition) is 6. The predicted octanol–water partition coefficient (Wildman–Crippen LogP) is 1.75. The molecule has 3 heterocycles. The molecule has 0 saturated heterocycles. The van der Waals surface area contributed by atoms with Crippen LogP contribution in [0.1, 0.15) is 11.3 Å². The minimum atomic E-state index is 0.124. The van der Waals surface area contributed by atoms with E-state index in [4.69, 9.17) is 11.5 Å². The maximum absolute atomic E-state index is 5.83. The zero-order valence-corrected chi connectivity index (χ0v) is 10.6. The lowest BCUT2D eigenvalue weighted by Crippen LogP contribution is -2.01. The molecule has 0 radical (unpaired) electrons. The third kappa shape index (κ3) is 2.39. The molecule has 3 rings (SSSR count). The number of pyridine rings is 2. The molecule has 0 fully saturated rings. The van der Waals surface area contributed by atoms with Gasteiger partial charge in [0.05, 0.1) is 11.1 Å². The molecule has 0 aliphatic heterocycles. The second-order valence-corrected chi connectivity index (χ2v) is 4.19. The monoisotopic (exact) mass is 264 g/mol. The van der Waals surface area contributed by atoms with Gasteiger partial charge in [0.15, 0.2) is 5.65 Å². The van der Waals surface area contributed by atoms with Gasteiger partial charge in [-0.3, -0.25) is 4.98 Å².